The second kappa shape index (κ2) is 9.01. The summed E-state index contributed by atoms with van der Waals surface area (Å²) in [5, 5.41) is 6.70. The number of benzene rings is 2. The molecule has 2 heterocycles. The van der Waals surface area contributed by atoms with Gasteiger partial charge in [0.2, 0.25) is 17.6 Å². The molecule has 9 heteroatoms. The Hall–Kier alpha value is -2.65. The van der Waals surface area contributed by atoms with Crippen molar-refractivity contribution in [1.29, 1.82) is 0 Å². The van der Waals surface area contributed by atoms with E-state index in [2.05, 4.69) is 36.3 Å². The van der Waals surface area contributed by atoms with Gasteiger partial charge >= 0.3 is 0 Å². The summed E-state index contributed by atoms with van der Waals surface area (Å²) < 4.78 is 32.7. The SMILES string of the molecule is O=C(Nc1ccc(F)c(F)c1)C1CCN(Cc2nc(-c3ccc(Br)cc3)no2)CC1. The third-order valence-electron chi connectivity index (χ3n) is 5.07. The van der Waals surface area contributed by atoms with Crippen molar-refractivity contribution in [3.8, 4) is 11.4 Å². The van der Waals surface area contributed by atoms with Crippen molar-refractivity contribution in [3.05, 3.63) is 64.5 Å². The second-order valence-corrected chi connectivity index (χ2v) is 8.10. The summed E-state index contributed by atoms with van der Waals surface area (Å²) in [6.45, 7) is 1.92. The average Bonchev–Trinajstić information content (AvgIpc) is 3.20. The Morgan fingerprint density at radius 3 is 2.57 bits per heavy atom. The van der Waals surface area contributed by atoms with Crippen LogP contribution in [-0.4, -0.2) is 34.0 Å². The summed E-state index contributed by atoms with van der Waals surface area (Å²) in [6.07, 6.45) is 1.31. The van der Waals surface area contributed by atoms with E-state index in [0.717, 1.165) is 22.2 Å². The number of piperidine rings is 1. The van der Waals surface area contributed by atoms with Gasteiger partial charge in [0, 0.05) is 27.7 Å². The van der Waals surface area contributed by atoms with Crippen molar-refractivity contribution in [1.82, 2.24) is 15.0 Å². The van der Waals surface area contributed by atoms with Crippen LogP contribution in [0.1, 0.15) is 18.7 Å². The molecule has 156 valence electrons. The summed E-state index contributed by atoms with van der Waals surface area (Å²) >= 11 is 3.40. The lowest BCUT2D eigenvalue weighted by molar-refractivity contribution is -0.121. The average molecular weight is 477 g/mol. The Labute approximate surface area is 180 Å². The van der Waals surface area contributed by atoms with Crippen LogP contribution in [0, 0.1) is 17.6 Å². The third-order valence-corrected chi connectivity index (χ3v) is 5.60. The topological polar surface area (TPSA) is 71.3 Å². The highest BCUT2D eigenvalue weighted by Crippen LogP contribution is 2.23. The predicted octanol–water partition coefficient (Wildman–Crippen LogP) is 4.63. The molecule has 1 N–H and O–H groups in total. The van der Waals surface area contributed by atoms with E-state index in [1.165, 1.54) is 6.07 Å². The van der Waals surface area contributed by atoms with Gasteiger partial charge in [0.05, 0.1) is 6.54 Å². The van der Waals surface area contributed by atoms with Crippen molar-refractivity contribution in [2.75, 3.05) is 18.4 Å². The highest BCUT2D eigenvalue weighted by molar-refractivity contribution is 9.10. The van der Waals surface area contributed by atoms with Crippen LogP contribution in [0.15, 0.2) is 51.5 Å². The van der Waals surface area contributed by atoms with Crippen LogP contribution < -0.4 is 5.32 Å². The fourth-order valence-electron chi connectivity index (χ4n) is 3.40. The van der Waals surface area contributed by atoms with Crippen LogP contribution in [0.2, 0.25) is 0 Å². The Balaban J connectivity index is 1.29. The molecule has 1 aromatic heterocycles. The number of likely N-dealkylation sites (tertiary alicyclic amines) is 1. The van der Waals surface area contributed by atoms with Crippen LogP contribution in [0.5, 0.6) is 0 Å². The van der Waals surface area contributed by atoms with Crippen molar-refractivity contribution >= 4 is 27.5 Å². The number of hydrogen-bond donors (Lipinski definition) is 1. The molecule has 0 unspecified atom stereocenters. The van der Waals surface area contributed by atoms with Crippen molar-refractivity contribution < 1.29 is 18.1 Å². The molecule has 2 aromatic carbocycles. The van der Waals surface area contributed by atoms with Crippen LogP contribution >= 0.6 is 15.9 Å². The van der Waals surface area contributed by atoms with Crippen LogP contribution in [0.4, 0.5) is 14.5 Å². The molecule has 3 aromatic rings. The molecule has 0 bridgehead atoms. The third kappa shape index (κ3) is 4.91. The summed E-state index contributed by atoms with van der Waals surface area (Å²) in [4.78, 5) is 19.0. The highest BCUT2D eigenvalue weighted by atomic mass is 79.9. The van der Waals surface area contributed by atoms with Crippen LogP contribution in [-0.2, 0) is 11.3 Å². The van der Waals surface area contributed by atoms with Gasteiger partial charge in [-0.05, 0) is 62.3 Å². The molecule has 4 rings (SSSR count). The van der Waals surface area contributed by atoms with Gasteiger partial charge in [0.1, 0.15) is 0 Å². The molecule has 0 aliphatic carbocycles. The quantitative estimate of drug-likeness (QED) is 0.581. The molecule has 1 saturated heterocycles. The van der Waals surface area contributed by atoms with Gasteiger partial charge in [0.25, 0.3) is 0 Å². The van der Waals surface area contributed by atoms with E-state index in [-0.39, 0.29) is 17.5 Å². The maximum atomic E-state index is 13.3. The largest absolute Gasteiger partial charge is 0.338 e. The number of hydrogen-bond acceptors (Lipinski definition) is 5. The molecule has 1 aliphatic rings. The predicted molar refractivity (Wildman–Crippen MR) is 110 cm³/mol. The van der Waals surface area contributed by atoms with Gasteiger partial charge in [-0.1, -0.05) is 21.1 Å². The molecule has 1 fully saturated rings. The number of carbonyl (C=O) groups is 1. The molecule has 6 nitrogen and oxygen atoms in total. The van der Waals surface area contributed by atoms with Crippen LogP contribution in [0.25, 0.3) is 11.4 Å². The lowest BCUT2D eigenvalue weighted by atomic mass is 9.96. The number of nitrogens with one attached hydrogen (secondary N) is 1. The lowest BCUT2D eigenvalue weighted by Crippen LogP contribution is -2.37. The van der Waals surface area contributed by atoms with E-state index >= 15 is 0 Å². The molecule has 30 heavy (non-hydrogen) atoms. The number of aromatic nitrogens is 2. The fourth-order valence-corrected chi connectivity index (χ4v) is 3.66. The number of carbonyl (C=O) groups excluding carboxylic acids is 1. The lowest BCUT2D eigenvalue weighted by Gasteiger charge is -2.30. The zero-order valence-electron chi connectivity index (χ0n) is 15.9. The molecule has 0 radical (unpaired) electrons. The van der Waals surface area contributed by atoms with Crippen molar-refractivity contribution in [2.45, 2.75) is 19.4 Å². The highest BCUT2D eigenvalue weighted by Gasteiger charge is 2.26. The minimum absolute atomic E-state index is 0.184. The number of anilines is 1. The van der Waals surface area contributed by atoms with E-state index < -0.39 is 11.6 Å². The van der Waals surface area contributed by atoms with Crippen molar-refractivity contribution in [3.63, 3.8) is 0 Å². The number of halogens is 3. The Kier molecular flexibility index (Phi) is 6.19. The summed E-state index contributed by atoms with van der Waals surface area (Å²) in [7, 11) is 0. The smallest absolute Gasteiger partial charge is 0.241 e. The first-order chi connectivity index (χ1) is 14.5. The second-order valence-electron chi connectivity index (χ2n) is 7.19. The zero-order chi connectivity index (χ0) is 21.1. The maximum Gasteiger partial charge on any atom is 0.241 e. The van der Waals surface area contributed by atoms with E-state index in [1.807, 2.05) is 24.3 Å². The first kappa shape index (κ1) is 20.6. The minimum Gasteiger partial charge on any atom is -0.338 e. The normalized spacial score (nSPS) is 15.3. The molecule has 0 saturated carbocycles. The number of rotatable bonds is 5. The van der Waals surface area contributed by atoms with Gasteiger partial charge in [-0.15, -0.1) is 0 Å². The standard InChI is InChI=1S/C21H19BrF2N4O2/c22-15-3-1-13(2-4-15)20-26-19(30-27-20)12-28-9-7-14(8-10-28)21(29)25-16-5-6-17(23)18(24)11-16/h1-6,11,14H,7-10,12H2,(H,25,29). The first-order valence-electron chi connectivity index (χ1n) is 9.55. The monoisotopic (exact) mass is 476 g/mol. The zero-order valence-corrected chi connectivity index (χ0v) is 17.5. The number of amides is 1. The van der Waals surface area contributed by atoms with Crippen molar-refractivity contribution in [2.24, 2.45) is 5.92 Å². The molecule has 1 amide bonds. The van der Waals surface area contributed by atoms with Gasteiger partial charge in [-0.3, -0.25) is 9.69 Å². The first-order valence-corrected chi connectivity index (χ1v) is 10.3. The number of nitrogens with zero attached hydrogens (tertiary/aromatic N) is 3. The fraction of sp³-hybridized carbons (Fsp3) is 0.286. The summed E-state index contributed by atoms with van der Waals surface area (Å²) in [6, 6.07) is 11.0. The molecule has 0 spiro atoms. The van der Waals surface area contributed by atoms with Crippen LogP contribution in [0.3, 0.4) is 0 Å². The maximum absolute atomic E-state index is 13.3. The van der Waals surface area contributed by atoms with E-state index in [4.69, 9.17) is 4.52 Å². The summed E-state index contributed by atoms with van der Waals surface area (Å²) in [5.74, 6) is -1.22. The molecular weight excluding hydrogens is 458 g/mol. The van der Waals surface area contributed by atoms with E-state index in [0.29, 0.717) is 44.2 Å². The van der Waals surface area contributed by atoms with Gasteiger partial charge in [-0.25, -0.2) is 8.78 Å². The van der Waals surface area contributed by atoms with E-state index in [1.54, 1.807) is 0 Å². The molecule has 1 aliphatic heterocycles. The minimum atomic E-state index is -0.982. The Morgan fingerprint density at radius 2 is 1.87 bits per heavy atom. The van der Waals surface area contributed by atoms with Gasteiger partial charge < -0.3 is 9.84 Å². The molecule has 0 atom stereocenters. The Morgan fingerprint density at radius 1 is 1.13 bits per heavy atom. The summed E-state index contributed by atoms with van der Waals surface area (Å²) in [5.41, 5.74) is 1.13. The van der Waals surface area contributed by atoms with E-state index in [9.17, 15) is 13.6 Å². The molecular formula is C21H19BrF2N4O2. The van der Waals surface area contributed by atoms with Gasteiger partial charge in [0.15, 0.2) is 11.6 Å². The van der Waals surface area contributed by atoms with Gasteiger partial charge in [-0.2, -0.15) is 4.98 Å². The Bertz CT molecular complexity index is 1030.